The van der Waals surface area contributed by atoms with Crippen LogP contribution in [0.4, 0.5) is 5.13 Å². The average Bonchev–Trinajstić information content (AvgIpc) is 3.08. The Bertz CT molecular complexity index is 644. The van der Waals surface area contributed by atoms with Crippen LogP contribution < -0.4 is 5.32 Å². The maximum absolute atomic E-state index is 13.0. The summed E-state index contributed by atoms with van der Waals surface area (Å²) < 4.78 is 6.12. The van der Waals surface area contributed by atoms with Crippen LogP contribution in [0, 0.1) is 0 Å². The first-order valence-corrected chi connectivity index (χ1v) is 9.07. The Kier molecular flexibility index (Phi) is 5.47. The van der Waals surface area contributed by atoms with Gasteiger partial charge in [-0.05, 0) is 5.56 Å². The molecule has 1 aliphatic rings. The lowest BCUT2D eigenvalue weighted by molar-refractivity contribution is -0.134. The van der Waals surface area contributed by atoms with E-state index in [1.807, 2.05) is 42.3 Å². The highest BCUT2D eigenvalue weighted by Gasteiger charge is 2.29. The average molecular weight is 350 g/mol. The number of hydrogen-bond donors (Lipinski definition) is 1. The summed E-state index contributed by atoms with van der Waals surface area (Å²) >= 11 is 2.91. The summed E-state index contributed by atoms with van der Waals surface area (Å²) in [5.74, 6) is 0.103. The zero-order chi connectivity index (χ0) is 16.1. The van der Waals surface area contributed by atoms with Gasteiger partial charge in [0.1, 0.15) is 5.25 Å². The van der Waals surface area contributed by atoms with Crippen molar-refractivity contribution in [3.05, 3.63) is 35.9 Å². The van der Waals surface area contributed by atoms with Gasteiger partial charge in [-0.25, -0.2) is 0 Å². The number of benzene rings is 1. The molecular formula is C15H18N4O2S2. The lowest BCUT2D eigenvalue weighted by Crippen LogP contribution is -2.42. The highest BCUT2D eigenvalue weighted by Crippen LogP contribution is 2.39. The number of rotatable bonds is 5. The minimum atomic E-state index is -0.313. The molecule has 1 aromatic heterocycles. The predicted molar refractivity (Wildman–Crippen MR) is 91.9 cm³/mol. The zero-order valence-electron chi connectivity index (χ0n) is 12.8. The fourth-order valence-corrected chi connectivity index (χ4v) is 4.28. The number of nitrogens with one attached hydrogen (secondary N) is 1. The van der Waals surface area contributed by atoms with Crippen LogP contribution >= 0.6 is 23.1 Å². The third-order valence-corrected chi connectivity index (χ3v) is 5.76. The minimum Gasteiger partial charge on any atom is -0.378 e. The van der Waals surface area contributed by atoms with Crippen LogP contribution in [0.3, 0.4) is 0 Å². The van der Waals surface area contributed by atoms with E-state index in [9.17, 15) is 4.79 Å². The number of carbonyl (C=O) groups is 1. The topological polar surface area (TPSA) is 67.4 Å². The van der Waals surface area contributed by atoms with Gasteiger partial charge in [-0.15, -0.1) is 10.2 Å². The number of carbonyl (C=O) groups excluding carboxylic acids is 1. The lowest BCUT2D eigenvalue weighted by Gasteiger charge is -2.30. The SMILES string of the molecule is CNc1nnc(S[C@@H](C(=O)N2CCOCC2)c2ccccc2)s1. The summed E-state index contributed by atoms with van der Waals surface area (Å²) in [5, 5.41) is 11.6. The molecule has 1 fully saturated rings. The van der Waals surface area contributed by atoms with E-state index in [1.54, 1.807) is 0 Å². The standard InChI is InChI=1S/C15H18N4O2S2/c1-16-14-17-18-15(23-14)22-12(11-5-3-2-4-6-11)13(20)19-7-9-21-10-8-19/h2-6,12H,7-10H2,1H3,(H,16,17)/t12-/m1/s1. The largest absolute Gasteiger partial charge is 0.378 e. The van der Waals surface area contributed by atoms with E-state index < -0.39 is 0 Å². The Balaban J connectivity index is 1.82. The van der Waals surface area contributed by atoms with Crippen molar-refractivity contribution in [2.75, 3.05) is 38.7 Å². The summed E-state index contributed by atoms with van der Waals surface area (Å²) in [6.07, 6.45) is 0. The number of amides is 1. The van der Waals surface area contributed by atoms with Gasteiger partial charge in [-0.1, -0.05) is 53.4 Å². The molecule has 0 spiro atoms. The van der Waals surface area contributed by atoms with E-state index >= 15 is 0 Å². The Morgan fingerprint density at radius 1 is 1.30 bits per heavy atom. The van der Waals surface area contributed by atoms with Crippen molar-refractivity contribution in [1.29, 1.82) is 0 Å². The summed E-state index contributed by atoms with van der Waals surface area (Å²) in [5.41, 5.74) is 0.982. The predicted octanol–water partition coefficient (Wildman–Crippen LogP) is 2.27. The molecule has 0 saturated carbocycles. The van der Waals surface area contributed by atoms with Gasteiger partial charge in [0.25, 0.3) is 0 Å². The molecule has 0 unspecified atom stereocenters. The Morgan fingerprint density at radius 3 is 2.70 bits per heavy atom. The molecule has 6 nitrogen and oxygen atoms in total. The first kappa shape index (κ1) is 16.2. The molecule has 1 N–H and O–H groups in total. The van der Waals surface area contributed by atoms with E-state index in [2.05, 4.69) is 15.5 Å². The first-order valence-electron chi connectivity index (χ1n) is 7.37. The maximum Gasteiger partial charge on any atom is 0.240 e. The second-order valence-corrected chi connectivity index (χ2v) is 7.30. The summed E-state index contributed by atoms with van der Waals surface area (Å²) in [7, 11) is 1.81. The van der Waals surface area contributed by atoms with Crippen molar-refractivity contribution < 1.29 is 9.53 Å². The van der Waals surface area contributed by atoms with E-state index in [1.165, 1.54) is 23.1 Å². The molecule has 2 heterocycles. The number of morpholine rings is 1. The number of thioether (sulfide) groups is 1. The Hall–Kier alpha value is -1.64. The van der Waals surface area contributed by atoms with Crippen molar-refractivity contribution in [1.82, 2.24) is 15.1 Å². The van der Waals surface area contributed by atoms with Crippen LogP contribution in [-0.2, 0) is 9.53 Å². The quantitative estimate of drug-likeness (QED) is 0.835. The van der Waals surface area contributed by atoms with Gasteiger partial charge < -0.3 is 15.0 Å². The van der Waals surface area contributed by atoms with Gasteiger partial charge in [0, 0.05) is 20.1 Å². The molecule has 1 aromatic carbocycles. The fourth-order valence-electron chi connectivity index (χ4n) is 2.30. The van der Waals surface area contributed by atoms with E-state index in [0.717, 1.165) is 15.0 Å². The molecule has 1 saturated heterocycles. The van der Waals surface area contributed by atoms with E-state index in [-0.39, 0.29) is 11.2 Å². The zero-order valence-corrected chi connectivity index (χ0v) is 14.4. The van der Waals surface area contributed by atoms with Gasteiger partial charge in [-0.2, -0.15) is 0 Å². The van der Waals surface area contributed by atoms with Crippen LogP contribution in [0.25, 0.3) is 0 Å². The number of aromatic nitrogens is 2. The number of nitrogens with zero attached hydrogens (tertiary/aromatic N) is 3. The van der Waals surface area contributed by atoms with Gasteiger partial charge in [0.05, 0.1) is 13.2 Å². The smallest absolute Gasteiger partial charge is 0.240 e. The van der Waals surface area contributed by atoms with Crippen molar-refractivity contribution in [3.8, 4) is 0 Å². The molecule has 0 aliphatic carbocycles. The fraction of sp³-hybridized carbons (Fsp3) is 0.400. The third kappa shape index (κ3) is 4.01. The van der Waals surface area contributed by atoms with E-state index in [4.69, 9.17) is 4.74 Å². The van der Waals surface area contributed by atoms with Crippen LogP contribution in [-0.4, -0.2) is 54.4 Å². The molecular weight excluding hydrogens is 332 g/mol. The maximum atomic E-state index is 13.0. The number of anilines is 1. The molecule has 0 bridgehead atoms. The van der Waals surface area contributed by atoms with Crippen molar-refractivity contribution in [2.45, 2.75) is 9.59 Å². The third-order valence-electron chi connectivity index (χ3n) is 3.49. The molecule has 1 aliphatic heterocycles. The van der Waals surface area contributed by atoms with Gasteiger partial charge in [-0.3, -0.25) is 4.79 Å². The van der Waals surface area contributed by atoms with Gasteiger partial charge >= 0.3 is 0 Å². The van der Waals surface area contributed by atoms with Crippen molar-refractivity contribution >= 4 is 34.1 Å². The molecule has 2 aromatic rings. The molecule has 8 heteroatoms. The summed E-state index contributed by atoms with van der Waals surface area (Å²) in [4.78, 5) is 14.8. The van der Waals surface area contributed by atoms with Crippen LogP contribution in [0.2, 0.25) is 0 Å². The normalized spacial score (nSPS) is 16.1. The molecule has 23 heavy (non-hydrogen) atoms. The second-order valence-electron chi connectivity index (χ2n) is 4.97. The van der Waals surface area contributed by atoms with Gasteiger partial charge in [0.15, 0.2) is 4.34 Å². The van der Waals surface area contributed by atoms with Crippen molar-refractivity contribution in [2.24, 2.45) is 0 Å². The number of hydrogen-bond acceptors (Lipinski definition) is 7. The highest BCUT2D eigenvalue weighted by atomic mass is 32.2. The number of ether oxygens (including phenoxy) is 1. The molecule has 1 atom stereocenters. The van der Waals surface area contributed by atoms with Crippen LogP contribution in [0.1, 0.15) is 10.8 Å². The Morgan fingerprint density at radius 2 is 2.04 bits per heavy atom. The van der Waals surface area contributed by atoms with E-state index in [0.29, 0.717) is 26.3 Å². The molecule has 0 radical (unpaired) electrons. The van der Waals surface area contributed by atoms with Crippen molar-refractivity contribution in [3.63, 3.8) is 0 Å². The summed E-state index contributed by atoms with van der Waals surface area (Å²) in [6.45, 7) is 2.47. The highest BCUT2D eigenvalue weighted by molar-refractivity contribution is 8.01. The first-order chi connectivity index (χ1) is 11.3. The van der Waals surface area contributed by atoms with Crippen LogP contribution in [0.15, 0.2) is 34.7 Å². The van der Waals surface area contributed by atoms with Crippen LogP contribution in [0.5, 0.6) is 0 Å². The summed E-state index contributed by atoms with van der Waals surface area (Å²) in [6, 6.07) is 9.82. The minimum absolute atomic E-state index is 0.103. The molecule has 122 valence electrons. The molecule has 3 rings (SSSR count). The monoisotopic (exact) mass is 350 g/mol. The van der Waals surface area contributed by atoms with Gasteiger partial charge in [0.2, 0.25) is 11.0 Å². The lowest BCUT2D eigenvalue weighted by atomic mass is 10.1. The second kappa shape index (κ2) is 7.76. The Labute approximate surface area is 143 Å². The molecule has 1 amide bonds.